The van der Waals surface area contributed by atoms with Gasteiger partial charge in [0.05, 0.1) is 34.5 Å². The molecule has 138 valence electrons. The van der Waals surface area contributed by atoms with Gasteiger partial charge in [-0.15, -0.1) is 0 Å². The third-order valence-corrected chi connectivity index (χ3v) is 4.66. The van der Waals surface area contributed by atoms with Gasteiger partial charge in [-0.25, -0.2) is 14.6 Å². The fourth-order valence-corrected chi connectivity index (χ4v) is 3.19. The highest BCUT2D eigenvalue weighted by Gasteiger charge is 2.19. The van der Waals surface area contributed by atoms with Crippen LogP contribution in [0.4, 0.5) is 0 Å². The van der Waals surface area contributed by atoms with E-state index in [2.05, 4.69) is 39.2 Å². The molecule has 7 nitrogen and oxygen atoms in total. The molecule has 0 aliphatic carbocycles. The number of fused-ring (bicyclic) bond motifs is 2. The van der Waals surface area contributed by atoms with Crippen LogP contribution in [-0.4, -0.2) is 30.6 Å². The van der Waals surface area contributed by atoms with Crippen molar-refractivity contribution >= 4 is 28.0 Å². The first kappa shape index (κ1) is 17.2. The molecule has 4 aromatic rings. The van der Waals surface area contributed by atoms with Gasteiger partial charge in [0.25, 0.3) is 5.91 Å². The lowest BCUT2D eigenvalue weighted by Gasteiger charge is -2.13. The van der Waals surface area contributed by atoms with E-state index < -0.39 is 0 Å². The summed E-state index contributed by atoms with van der Waals surface area (Å²) in [6, 6.07) is 9.62. The van der Waals surface area contributed by atoms with Crippen LogP contribution < -0.4 is 5.32 Å². The molecule has 0 fully saturated rings. The SMILES string of the molecule is Cc1nc2c(cnn2C(C)C)cc1C(=O)N[C@@H](C)c1nc2ccccc2[nH]1. The summed E-state index contributed by atoms with van der Waals surface area (Å²) in [6.07, 6.45) is 1.75. The first-order valence-electron chi connectivity index (χ1n) is 9.04. The Kier molecular flexibility index (Phi) is 4.14. The molecule has 0 radical (unpaired) electrons. The number of carbonyl (C=O) groups excluding carboxylic acids is 1. The number of hydrogen-bond acceptors (Lipinski definition) is 4. The summed E-state index contributed by atoms with van der Waals surface area (Å²) >= 11 is 0. The summed E-state index contributed by atoms with van der Waals surface area (Å²) in [7, 11) is 0. The second-order valence-electron chi connectivity index (χ2n) is 7.05. The molecule has 3 heterocycles. The molecule has 0 aliphatic rings. The molecule has 1 amide bonds. The van der Waals surface area contributed by atoms with Gasteiger partial charge in [0.15, 0.2) is 5.65 Å². The summed E-state index contributed by atoms with van der Waals surface area (Å²) in [4.78, 5) is 25.3. The van der Waals surface area contributed by atoms with Crippen LogP contribution in [0, 0.1) is 6.92 Å². The summed E-state index contributed by atoms with van der Waals surface area (Å²) in [5.74, 6) is 0.552. The number of pyridine rings is 1. The fourth-order valence-electron chi connectivity index (χ4n) is 3.19. The van der Waals surface area contributed by atoms with Gasteiger partial charge in [0, 0.05) is 11.4 Å². The zero-order valence-corrected chi connectivity index (χ0v) is 15.8. The molecule has 0 saturated carbocycles. The van der Waals surface area contributed by atoms with Crippen LogP contribution in [0.15, 0.2) is 36.5 Å². The molecular weight excluding hydrogens is 340 g/mol. The highest BCUT2D eigenvalue weighted by atomic mass is 16.1. The number of aromatic nitrogens is 5. The average Bonchev–Trinajstić information content (AvgIpc) is 3.24. The van der Waals surface area contributed by atoms with Crippen LogP contribution in [0.3, 0.4) is 0 Å². The van der Waals surface area contributed by atoms with Crippen molar-refractivity contribution in [1.82, 2.24) is 30.0 Å². The highest BCUT2D eigenvalue weighted by Crippen LogP contribution is 2.21. The number of H-pyrrole nitrogens is 1. The Morgan fingerprint density at radius 1 is 1.19 bits per heavy atom. The normalized spacial score (nSPS) is 12.8. The number of amides is 1. The topological polar surface area (TPSA) is 88.5 Å². The van der Waals surface area contributed by atoms with Gasteiger partial charge in [-0.05, 0) is 45.9 Å². The Morgan fingerprint density at radius 3 is 2.70 bits per heavy atom. The monoisotopic (exact) mass is 362 g/mol. The van der Waals surface area contributed by atoms with E-state index in [0.717, 1.165) is 27.9 Å². The molecule has 0 bridgehead atoms. The molecule has 3 aromatic heterocycles. The second-order valence-corrected chi connectivity index (χ2v) is 7.05. The number of aromatic amines is 1. The zero-order valence-electron chi connectivity index (χ0n) is 15.8. The van der Waals surface area contributed by atoms with Crippen LogP contribution in [0.25, 0.3) is 22.1 Å². The van der Waals surface area contributed by atoms with Crippen LogP contribution >= 0.6 is 0 Å². The number of carbonyl (C=O) groups is 1. The molecule has 27 heavy (non-hydrogen) atoms. The number of aryl methyl sites for hydroxylation is 1. The molecule has 4 rings (SSSR count). The Labute approximate surface area is 156 Å². The Morgan fingerprint density at radius 2 is 1.96 bits per heavy atom. The van der Waals surface area contributed by atoms with Gasteiger partial charge in [-0.2, -0.15) is 5.10 Å². The van der Waals surface area contributed by atoms with E-state index in [0.29, 0.717) is 11.3 Å². The van der Waals surface area contributed by atoms with E-state index in [-0.39, 0.29) is 18.0 Å². The van der Waals surface area contributed by atoms with Crippen molar-refractivity contribution in [3.8, 4) is 0 Å². The van der Waals surface area contributed by atoms with Gasteiger partial charge in [0.1, 0.15) is 5.82 Å². The van der Waals surface area contributed by atoms with E-state index in [1.807, 2.05) is 48.9 Å². The molecule has 0 aliphatic heterocycles. The molecular formula is C20H22N6O. The predicted molar refractivity (Wildman–Crippen MR) is 105 cm³/mol. The average molecular weight is 362 g/mol. The first-order valence-corrected chi connectivity index (χ1v) is 9.04. The fraction of sp³-hybridized carbons (Fsp3) is 0.300. The molecule has 1 aromatic carbocycles. The zero-order chi connectivity index (χ0) is 19.1. The Bertz CT molecular complexity index is 1110. The molecule has 0 spiro atoms. The van der Waals surface area contributed by atoms with Crippen molar-refractivity contribution in [2.75, 3.05) is 0 Å². The lowest BCUT2D eigenvalue weighted by atomic mass is 10.1. The second kappa shape index (κ2) is 6.50. The minimum Gasteiger partial charge on any atom is -0.342 e. The van der Waals surface area contributed by atoms with Gasteiger partial charge in [-0.1, -0.05) is 12.1 Å². The summed E-state index contributed by atoms with van der Waals surface area (Å²) in [6.45, 7) is 7.86. The molecule has 0 saturated heterocycles. The first-order chi connectivity index (χ1) is 12.9. The van der Waals surface area contributed by atoms with E-state index in [1.165, 1.54) is 0 Å². The number of benzene rings is 1. The number of hydrogen-bond donors (Lipinski definition) is 2. The van der Waals surface area contributed by atoms with Crippen molar-refractivity contribution in [1.29, 1.82) is 0 Å². The maximum absolute atomic E-state index is 12.8. The largest absolute Gasteiger partial charge is 0.342 e. The minimum atomic E-state index is -0.251. The van der Waals surface area contributed by atoms with Crippen molar-refractivity contribution in [2.24, 2.45) is 0 Å². The molecule has 1 atom stereocenters. The number of nitrogens with zero attached hydrogens (tertiary/aromatic N) is 4. The van der Waals surface area contributed by atoms with Crippen LogP contribution in [0.2, 0.25) is 0 Å². The highest BCUT2D eigenvalue weighted by molar-refractivity contribution is 5.98. The number of para-hydroxylation sites is 2. The van der Waals surface area contributed by atoms with Crippen molar-refractivity contribution in [2.45, 2.75) is 39.8 Å². The van der Waals surface area contributed by atoms with Crippen LogP contribution in [0.1, 0.15) is 54.7 Å². The van der Waals surface area contributed by atoms with Gasteiger partial charge in [-0.3, -0.25) is 4.79 Å². The Balaban J connectivity index is 1.61. The van der Waals surface area contributed by atoms with Gasteiger partial charge < -0.3 is 10.3 Å². The summed E-state index contributed by atoms with van der Waals surface area (Å²) in [5.41, 5.74) is 3.86. The van der Waals surface area contributed by atoms with Crippen LogP contribution in [0.5, 0.6) is 0 Å². The lowest BCUT2D eigenvalue weighted by molar-refractivity contribution is 0.0937. The molecule has 7 heteroatoms. The van der Waals surface area contributed by atoms with Crippen LogP contribution in [-0.2, 0) is 0 Å². The van der Waals surface area contributed by atoms with E-state index in [9.17, 15) is 4.79 Å². The summed E-state index contributed by atoms with van der Waals surface area (Å²) < 4.78 is 1.86. The maximum Gasteiger partial charge on any atom is 0.253 e. The van der Waals surface area contributed by atoms with Gasteiger partial charge in [0.2, 0.25) is 0 Å². The quantitative estimate of drug-likeness (QED) is 0.579. The van der Waals surface area contributed by atoms with E-state index in [1.54, 1.807) is 6.20 Å². The number of imidazole rings is 1. The van der Waals surface area contributed by atoms with Crippen molar-refractivity contribution < 1.29 is 4.79 Å². The number of nitrogens with one attached hydrogen (secondary N) is 2. The van der Waals surface area contributed by atoms with Gasteiger partial charge >= 0.3 is 0 Å². The summed E-state index contributed by atoms with van der Waals surface area (Å²) in [5, 5.41) is 8.24. The minimum absolute atomic E-state index is 0.174. The predicted octanol–water partition coefficient (Wildman–Crippen LogP) is 3.69. The third kappa shape index (κ3) is 3.05. The standard InChI is InChI=1S/C20H22N6O/c1-11(2)26-19-14(10-21-26)9-15(12(3)22-19)20(27)23-13(4)18-24-16-7-5-6-8-17(16)25-18/h5-11,13H,1-4H3,(H,23,27)(H,24,25)/t13-/m0/s1. The smallest absolute Gasteiger partial charge is 0.253 e. The van der Waals surface area contributed by atoms with E-state index in [4.69, 9.17) is 0 Å². The molecule has 0 unspecified atom stereocenters. The lowest BCUT2D eigenvalue weighted by Crippen LogP contribution is -2.28. The number of rotatable bonds is 4. The van der Waals surface area contributed by atoms with E-state index >= 15 is 0 Å². The van der Waals surface area contributed by atoms with Crippen molar-refractivity contribution in [3.05, 3.63) is 53.6 Å². The van der Waals surface area contributed by atoms with Crippen molar-refractivity contribution in [3.63, 3.8) is 0 Å². The third-order valence-electron chi connectivity index (χ3n) is 4.66. The maximum atomic E-state index is 12.8. The molecule has 2 N–H and O–H groups in total. The Hall–Kier alpha value is -3.22.